The maximum absolute atomic E-state index is 6.49. The largest absolute Gasteiger partial charge is 0.321 e. The van der Waals surface area contributed by atoms with Crippen molar-refractivity contribution < 1.29 is 0 Å². The molecule has 1 aliphatic carbocycles. The number of nitrogens with zero attached hydrogens (tertiary/aromatic N) is 1. The lowest BCUT2D eigenvalue weighted by molar-refractivity contribution is 0.512. The molecule has 1 unspecified atom stereocenters. The lowest BCUT2D eigenvalue weighted by atomic mass is 9.94. The summed E-state index contributed by atoms with van der Waals surface area (Å²) in [6.45, 7) is 4.34. The van der Waals surface area contributed by atoms with Crippen LogP contribution >= 0.6 is 11.6 Å². The lowest BCUT2D eigenvalue weighted by Crippen LogP contribution is -2.26. The van der Waals surface area contributed by atoms with E-state index in [1.807, 2.05) is 24.3 Å². The van der Waals surface area contributed by atoms with E-state index in [-0.39, 0.29) is 11.0 Å². The minimum atomic E-state index is -0.335. The van der Waals surface area contributed by atoms with Gasteiger partial charge in [-0.1, -0.05) is 37.6 Å². The third-order valence-electron chi connectivity index (χ3n) is 3.97. The third-order valence-corrected chi connectivity index (χ3v) is 4.29. The normalized spacial score (nSPS) is 26.1. The van der Waals surface area contributed by atoms with Crippen LogP contribution in [0, 0.1) is 5.41 Å². The van der Waals surface area contributed by atoms with Crippen molar-refractivity contribution in [3.05, 3.63) is 41.0 Å². The standard InChI is InChI=1S/C14H15ClN2/c1-13(2)8-14(13,16)11-10(15)6-5-9-4-3-7-17-12(9)11/h3-7H,8,16H2,1-2H3. The zero-order valence-electron chi connectivity index (χ0n) is 10.00. The van der Waals surface area contributed by atoms with Gasteiger partial charge in [-0.05, 0) is 24.0 Å². The number of pyridine rings is 1. The van der Waals surface area contributed by atoms with Gasteiger partial charge in [-0.2, -0.15) is 0 Å². The highest BCUT2D eigenvalue weighted by Gasteiger charge is 2.60. The topological polar surface area (TPSA) is 38.9 Å². The quantitative estimate of drug-likeness (QED) is 0.837. The van der Waals surface area contributed by atoms with Crippen molar-refractivity contribution in [2.75, 3.05) is 0 Å². The number of aromatic nitrogens is 1. The van der Waals surface area contributed by atoms with Gasteiger partial charge in [0.05, 0.1) is 11.1 Å². The minimum Gasteiger partial charge on any atom is -0.321 e. The highest BCUT2D eigenvalue weighted by atomic mass is 35.5. The first-order valence-electron chi connectivity index (χ1n) is 5.78. The fourth-order valence-electron chi connectivity index (χ4n) is 2.62. The number of rotatable bonds is 1. The van der Waals surface area contributed by atoms with Crippen LogP contribution in [-0.2, 0) is 5.54 Å². The summed E-state index contributed by atoms with van der Waals surface area (Å²) in [5, 5.41) is 1.82. The van der Waals surface area contributed by atoms with Crippen LogP contribution in [0.4, 0.5) is 0 Å². The fraction of sp³-hybridized carbons (Fsp3) is 0.357. The Balaban J connectivity index is 2.33. The number of fused-ring (bicyclic) bond motifs is 1. The molecule has 1 aromatic heterocycles. The number of hydrogen-bond acceptors (Lipinski definition) is 2. The van der Waals surface area contributed by atoms with Gasteiger partial charge in [-0.3, -0.25) is 4.98 Å². The smallest absolute Gasteiger partial charge is 0.0767 e. The van der Waals surface area contributed by atoms with Gasteiger partial charge in [-0.15, -0.1) is 0 Å². The van der Waals surface area contributed by atoms with Gasteiger partial charge in [0, 0.05) is 22.2 Å². The highest BCUT2D eigenvalue weighted by molar-refractivity contribution is 6.32. The summed E-state index contributed by atoms with van der Waals surface area (Å²) in [5.74, 6) is 0. The summed E-state index contributed by atoms with van der Waals surface area (Å²) in [6.07, 6.45) is 2.75. The molecule has 1 saturated carbocycles. The van der Waals surface area contributed by atoms with Gasteiger partial charge < -0.3 is 5.73 Å². The van der Waals surface area contributed by atoms with Crippen molar-refractivity contribution in [1.29, 1.82) is 0 Å². The van der Waals surface area contributed by atoms with Gasteiger partial charge in [-0.25, -0.2) is 0 Å². The molecule has 1 fully saturated rings. The number of nitrogens with two attached hydrogens (primary N) is 1. The van der Waals surface area contributed by atoms with Crippen LogP contribution in [-0.4, -0.2) is 4.98 Å². The summed E-state index contributed by atoms with van der Waals surface area (Å²) in [7, 11) is 0. The van der Waals surface area contributed by atoms with Crippen molar-refractivity contribution >= 4 is 22.5 Å². The zero-order valence-corrected chi connectivity index (χ0v) is 10.8. The molecule has 1 atom stereocenters. The van der Waals surface area contributed by atoms with Crippen LogP contribution in [0.5, 0.6) is 0 Å². The molecule has 1 aromatic carbocycles. The maximum Gasteiger partial charge on any atom is 0.0767 e. The molecule has 17 heavy (non-hydrogen) atoms. The molecule has 0 bridgehead atoms. The van der Waals surface area contributed by atoms with E-state index in [2.05, 4.69) is 18.8 Å². The lowest BCUT2D eigenvalue weighted by Gasteiger charge is -2.18. The molecule has 0 saturated heterocycles. The minimum absolute atomic E-state index is 0.0996. The van der Waals surface area contributed by atoms with E-state index in [9.17, 15) is 0 Å². The Kier molecular flexibility index (Phi) is 2.08. The number of benzene rings is 1. The molecule has 0 spiro atoms. The van der Waals surface area contributed by atoms with E-state index in [1.165, 1.54) is 0 Å². The molecular formula is C14H15ClN2. The first-order chi connectivity index (χ1) is 7.96. The van der Waals surface area contributed by atoms with Crippen molar-refractivity contribution in [3.8, 4) is 0 Å². The molecule has 1 heterocycles. The van der Waals surface area contributed by atoms with Gasteiger partial charge in [0.25, 0.3) is 0 Å². The average molecular weight is 247 g/mol. The second-order valence-corrected chi connectivity index (χ2v) is 5.94. The molecule has 2 nitrogen and oxygen atoms in total. The summed E-state index contributed by atoms with van der Waals surface area (Å²) >= 11 is 6.34. The van der Waals surface area contributed by atoms with Crippen LogP contribution < -0.4 is 5.73 Å². The first kappa shape index (κ1) is 11.0. The van der Waals surface area contributed by atoms with Gasteiger partial charge >= 0.3 is 0 Å². The van der Waals surface area contributed by atoms with E-state index in [0.29, 0.717) is 0 Å². The van der Waals surface area contributed by atoms with Gasteiger partial charge in [0.1, 0.15) is 0 Å². The molecule has 0 aliphatic heterocycles. The molecule has 0 radical (unpaired) electrons. The summed E-state index contributed by atoms with van der Waals surface area (Å²) in [4.78, 5) is 4.45. The van der Waals surface area contributed by atoms with Crippen LogP contribution in [0.25, 0.3) is 10.9 Å². The van der Waals surface area contributed by atoms with Crippen molar-refractivity contribution in [3.63, 3.8) is 0 Å². The Labute approximate surface area is 106 Å². The van der Waals surface area contributed by atoms with E-state index in [1.54, 1.807) is 6.20 Å². The highest BCUT2D eigenvalue weighted by Crippen LogP contribution is 2.62. The maximum atomic E-state index is 6.49. The predicted octanol–water partition coefficient (Wildman–Crippen LogP) is 3.47. The fourth-order valence-corrected chi connectivity index (χ4v) is 2.95. The van der Waals surface area contributed by atoms with Gasteiger partial charge in [0.15, 0.2) is 0 Å². The second kappa shape index (κ2) is 3.21. The average Bonchev–Trinajstić information content (AvgIpc) is 2.78. The molecule has 3 heteroatoms. The number of hydrogen-bond donors (Lipinski definition) is 1. The molecular weight excluding hydrogens is 232 g/mol. The van der Waals surface area contributed by atoms with E-state index < -0.39 is 0 Å². The molecule has 2 aromatic rings. The molecule has 2 N–H and O–H groups in total. The Bertz CT molecular complexity index is 606. The van der Waals surface area contributed by atoms with E-state index in [0.717, 1.165) is 27.9 Å². The van der Waals surface area contributed by atoms with Crippen LogP contribution in [0.15, 0.2) is 30.5 Å². The van der Waals surface area contributed by atoms with Crippen molar-refractivity contribution in [2.24, 2.45) is 11.1 Å². The second-order valence-electron chi connectivity index (χ2n) is 5.53. The van der Waals surface area contributed by atoms with E-state index >= 15 is 0 Å². The first-order valence-corrected chi connectivity index (χ1v) is 6.16. The summed E-state index contributed by atoms with van der Waals surface area (Å²) in [6, 6.07) is 7.89. The number of halogens is 1. The predicted molar refractivity (Wildman–Crippen MR) is 71.0 cm³/mol. The molecule has 0 amide bonds. The van der Waals surface area contributed by atoms with Crippen LogP contribution in [0.3, 0.4) is 0 Å². The summed E-state index contributed by atoms with van der Waals surface area (Å²) in [5.41, 5.74) is 8.19. The zero-order chi connectivity index (χ0) is 12.3. The Morgan fingerprint density at radius 3 is 2.65 bits per heavy atom. The Morgan fingerprint density at radius 1 is 1.29 bits per heavy atom. The van der Waals surface area contributed by atoms with Gasteiger partial charge in [0.2, 0.25) is 0 Å². The Morgan fingerprint density at radius 2 is 2.00 bits per heavy atom. The summed E-state index contributed by atoms with van der Waals surface area (Å²) < 4.78 is 0. The molecule has 1 aliphatic rings. The monoisotopic (exact) mass is 246 g/mol. The van der Waals surface area contributed by atoms with E-state index in [4.69, 9.17) is 17.3 Å². The van der Waals surface area contributed by atoms with Crippen LogP contribution in [0.2, 0.25) is 5.02 Å². The molecule has 88 valence electrons. The third kappa shape index (κ3) is 1.41. The Hall–Kier alpha value is -1.12. The van der Waals surface area contributed by atoms with Crippen molar-refractivity contribution in [2.45, 2.75) is 25.8 Å². The van der Waals surface area contributed by atoms with Crippen molar-refractivity contribution in [1.82, 2.24) is 4.98 Å². The SMILES string of the molecule is CC1(C)CC1(N)c1c(Cl)ccc2cccnc12. The van der Waals surface area contributed by atoms with Crippen LogP contribution in [0.1, 0.15) is 25.8 Å². The molecule has 3 rings (SSSR count).